The topological polar surface area (TPSA) is 56.5 Å². The van der Waals surface area contributed by atoms with Crippen molar-refractivity contribution in [2.45, 2.75) is 38.8 Å². The van der Waals surface area contributed by atoms with Crippen LogP contribution in [-0.4, -0.2) is 25.3 Å². The normalized spacial score (nSPS) is 22.2. The molecule has 1 saturated carbocycles. The molecule has 0 saturated heterocycles. The summed E-state index contributed by atoms with van der Waals surface area (Å²) in [4.78, 5) is 0. The first-order valence-corrected chi connectivity index (χ1v) is 6.64. The van der Waals surface area contributed by atoms with Gasteiger partial charge in [-0.15, -0.1) is 0 Å². The SMILES string of the molecule is CCOc1ccc(OCC)c(NC2CC(N)C2)c1. The quantitative estimate of drug-likeness (QED) is 0.814. The molecule has 1 aliphatic carbocycles. The maximum absolute atomic E-state index is 5.80. The van der Waals surface area contributed by atoms with Crippen LogP contribution in [0, 0.1) is 0 Å². The second kappa shape index (κ2) is 5.96. The van der Waals surface area contributed by atoms with Gasteiger partial charge in [0.2, 0.25) is 0 Å². The van der Waals surface area contributed by atoms with E-state index in [9.17, 15) is 0 Å². The second-order valence-corrected chi connectivity index (χ2v) is 4.60. The predicted molar refractivity (Wildman–Crippen MR) is 73.4 cm³/mol. The molecule has 3 N–H and O–H groups in total. The van der Waals surface area contributed by atoms with Crippen LogP contribution in [0.3, 0.4) is 0 Å². The summed E-state index contributed by atoms with van der Waals surface area (Å²) in [6, 6.07) is 6.68. The van der Waals surface area contributed by atoms with E-state index < -0.39 is 0 Å². The van der Waals surface area contributed by atoms with E-state index in [0.717, 1.165) is 30.0 Å². The molecule has 0 spiro atoms. The number of ether oxygens (including phenoxy) is 2. The lowest BCUT2D eigenvalue weighted by Gasteiger charge is -2.34. The largest absolute Gasteiger partial charge is 0.494 e. The number of benzene rings is 1. The van der Waals surface area contributed by atoms with E-state index >= 15 is 0 Å². The van der Waals surface area contributed by atoms with Gasteiger partial charge in [-0.05, 0) is 38.8 Å². The molecule has 0 amide bonds. The van der Waals surface area contributed by atoms with Crippen molar-refractivity contribution < 1.29 is 9.47 Å². The van der Waals surface area contributed by atoms with Crippen LogP contribution in [-0.2, 0) is 0 Å². The van der Waals surface area contributed by atoms with Crippen molar-refractivity contribution in [2.24, 2.45) is 5.73 Å². The van der Waals surface area contributed by atoms with Gasteiger partial charge in [0.15, 0.2) is 0 Å². The van der Waals surface area contributed by atoms with Gasteiger partial charge in [0.1, 0.15) is 11.5 Å². The maximum Gasteiger partial charge on any atom is 0.142 e. The zero-order chi connectivity index (χ0) is 13.0. The summed E-state index contributed by atoms with van der Waals surface area (Å²) in [6.07, 6.45) is 2.04. The number of hydrogen-bond acceptors (Lipinski definition) is 4. The van der Waals surface area contributed by atoms with Gasteiger partial charge in [0.05, 0.1) is 18.9 Å². The van der Waals surface area contributed by atoms with Crippen LogP contribution in [0.1, 0.15) is 26.7 Å². The highest BCUT2D eigenvalue weighted by atomic mass is 16.5. The highest BCUT2D eigenvalue weighted by Crippen LogP contribution is 2.32. The van der Waals surface area contributed by atoms with Gasteiger partial charge in [-0.3, -0.25) is 0 Å². The molecule has 2 rings (SSSR count). The third-order valence-electron chi connectivity index (χ3n) is 3.10. The van der Waals surface area contributed by atoms with Crippen molar-refractivity contribution in [2.75, 3.05) is 18.5 Å². The van der Waals surface area contributed by atoms with Gasteiger partial charge in [-0.1, -0.05) is 0 Å². The first-order valence-electron chi connectivity index (χ1n) is 6.64. The minimum atomic E-state index is 0.341. The Kier molecular flexibility index (Phi) is 4.31. The van der Waals surface area contributed by atoms with E-state index in [2.05, 4.69) is 5.32 Å². The van der Waals surface area contributed by atoms with Crippen LogP contribution in [0.25, 0.3) is 0 Å². The monoisotopic (exact) mass is 250 g/mol. The Balaban J connectivity index is 2.09. The fourth-order valence-corrected chi connectivity index (χ4v) is 2.16. The van der Waals surface area contributed by atoms with Crippen molar-refractivity contribution in [3.63, 3.8) is 0 Å². The van der Waals surface area contributed by atoms with Gasteiger partial charge in [-0.2, -0.15) is 0 Å². The van der Waals surface area contributed by atoms with E-state index in [1.807, 2.05) is 32.0 Å². The molecule has 0 radical (unpaired) electrons. The van der Waals surface area contributed by atoms with Crippen LogP contribution in [0.15, 0.2) is 18.2 Å². The standard InChI is InChI=1S/C14H22N2O2/c1-3-17-12-5-6-14(18-4-2)13(9-12)16-11-7-10(15)8-11/h5-6,9-11,16H,3-4,7-8,15H2,1-2H3. The second-order valence-electron chi connectivity index (χ2n) is 4.60. The lowest BCUT2D eigenvalue weighted by atomic mass is 9.87. The Morgan fingerprint density at radius 1 is 1.22 bits per heavy atom. The Labute approximate surface area is 108 Å². The number of rotatable bonds is 6. The van der Waals surface area contributed by atoms with Gasteiger partial charge in [0, 0.05) is 18.2 Å². The molecule has 0 atom stereocenters. The Morgan fingerprint density at radius 2 is 1.94 bits per heavy atom. The maximum atomic E-state index is 5.80. The molecule has 0 aliphatic heterocycles. The third-order valence-corrected chi connectivity index (χ3v) is 3.10. The summed E-state index contributed by atoms with van der Waals surface area (Å²) in [5.41, 5.74) is 6.80. The third kappa shape index (κ3) is 3.07. The van der Waals surface area contributed by atoms with E-state index in [1.165, 1.54) is 0 Å². The summed E-state index contributed by atoms with van der Waals surface area (Å²) in [6.45, 7) is 5.29. The van der Waals surface area contributed by atoms with Crippen LogP contribution in [0.2, 0.25) is 0 Å². The van der Waals surface area contributed by atoms with E-state index in [-0.39, 0.29) is 0 Å². The Bertz CT molecular complexity index is 389. The number of nitrogens with two attached hydrogens (primary N) is 1. The lowest BCUT2D eigenvalue weighted by molar-refractivity contribution is 0.329. The Morgan fingerprint density at radius 3 is 2.56 bits per heavy atom. The summed E-state index contributed by atoms with van der Waals surface area (Å²) in [7, 11) is 0. The smallest absolute Gasteiger partial charge is 0.142 e. The molecule has 0 bridgehead atoms. The predicted octanol–water partition coefficient (Wildman–Crippen LogP) is 2.39. The van der Waals surface area contributed by atoms with Gasteiger partial charge >= 0.3 is 0 Å². The summed E-state index contributed by atoms with van der Waals surface area (Å²) >= 11 is 0. The van der Waals surface area contributed by atoms with Gasteiger partial charge in [-0.25, -0.2) is 0 Å². The molecule has 0 aromatic heterocycles. The summed E-state index contributed by atoms with van der Waals surface area (Å²) < 4.78 is 11.1. The van der Waals surface area contributed by atoms with Crippen molar-refractivity contribution in [1.82, 2.24) is 0 Å². The van der Waals surface area contributed by atoms with Crippen LogP contribution < -0.4 is 20.5 Å². The van der Waals surface area contributed by atoms with E-state index in [1.54, 1.807) is 0 Å². The van der Waals surface area contributed by atoms with Crippen LogP contribution in [0.5, 0.6) is 11.5 Å². The fraction of sp³-hybridized carbons (Fsp3) is 0.571. The number of anilines is 1. The van der Waals surface area contributed by atoms with Crippen LogP contribution in [0.4, 0.5) is 5.69 Å². The molecule has 1 aromatic rings. The summed E-state index contributed by atoms with van der Waals surface area (Å²) in [5.74, 6) is 1.74. The molecule has 0 heterocycles. The average Bonchev–Trinajstić information content (AvgIpc) is 2.31. The molecule has 0 unspecified atom stereocenters. The highest BCUT2D eigenvalue weighted by Gasteiger charge is 2.26. The minimum Gasteiger partial charge on any atom is -0.494 e. The molecule has 100 valence electrons. The molecule has 1 aliphatic rings. The molecule has 1 aromatic carbocycles. The van der Waals surface area contributed by atoms with Crippen molar-refractivity contribution in [3.05, 3.63) is 18.2 Å². The first kappa shape index (κ1) is 13.0. The molecule has 1 fully saturated rings. The number of hydrogen-bond donors (Lipinski definition) is 2. The molecule has 18 heavy (non-hydrogen) atoms. The van der Waals surface area contributed by atoms with Crippen molar-refractivity contribution in [3.8, 4) is 11.5 Å². The molecular formula is C14H22N2O2. The number of nitrogens with one attached hydrogen (secondary N) is 1. The first-order chi connectivity index (χ1) is 8.72. The zero-order valence-corrected chi connectivity index (χ0v) is 11.1. The highest BCUT2D eigenvalue weighted by molar-refractivity contribution is 5.60. The van der Waals surface area contributed by atoms with Gasteiger partial charge < -0.3 is 20.5 Å². The molecule has 4 nitrogen and oxygen atoms in total. The Hall–Kier alpha value is -1.42. The van der Waals surface area contributed by atoms with Crippen molar-refractivity contribution >= 4 is 5.69 Å². The van der Waals surface area contributed by atoms with Crippen molar-refractivity contribution in [1.29, 1.82) is 0 Å². The van der Waals surface area contributed by atoms with E-state index in [0.29, 0.717) is 25.3 Å². The lowest BCUT2D eigenvalue weighted by Crippen LogP contribution is -2.44. The zero-order valence-electron chi connectivity index (χ0n) is 11.1. The summed E-state index contributed by atoms with van der Waals surface area (Å²) in [5, 5.41) is 3.48. The average molecular weight is 250 g/mol. The molecular weight excluding hydrogens is 228 g/mol. The van der Waals surface area contributed by atoms with Gasteiger partial charge in [0.25, 0.3) is 0 Å². The van der Waals surface area contributed by atoms with E-state index in [4.69, 9.17) is 15.2 Å². The minimum absolute atomic E-state index is 0.341. The molecule has 4 heteroatoms. The van der Waals surface area contributed by atoms with Crippen LogP contribution >= 0.6 is 0 Å². The fourth-order valence-electron chi connectivity index (χ4n) is 2.16.